The van der Waals surface area contributed by atoms with Gasteiger partial charge in [-0.3, -0.25) is 9.59 Å². The van der Waals surface area contributed by atoms with E-state index in [1.807, 2.05) is 0 Å². The van der Waals surface area contributed by atoms with Gasteiger partial charge in [0.2, 0.25) is 0 Å². The van der Waals surface area contributed by atoms with Gasteiger partial charge < -0.3 is 4.98 Å². The second-order valence-electron chi connectivity index (χ2n) is 3.99. The summed E-state index contributed by atoms with van der Waals surface area (Å²) in [7, 11) is 0. The summed E-state index contributed by atoms with van der Waals surface area (Å²) in [6.45, 7) is 0. The molecular formula is C14H8ClNO2. The summed E-state index contributed by atoms with van der Waals surface area (Å²) in [6.07, 6.45) is 0. The van der Waals surface area contributed by atoms with Crippen molar-refractivity contribution in [3.8, 4) is 0 Å². The molecule has 0 aliphatic carbocycles. The first kappa shape index (κ1) is 11.0. The first-order valence-electron chi connectivity index (χ1n) is 5.42. The van der Waals surface area contributed by atoms with E-state index >= 15 is 0 Å². The molecule has 0 saturated heterocycles. The molecule has 0 saturated carbocycles. The van der Waals surface area contributed by atoms with Crippen molar-refractivity contribution >= 4 is 33.3 Å². The van der Waals surface area contributed by atoms with E-state index < -0.39 is 0 Å². The van der Waals surface area contributed by atoms with Crippen LogP contribution in [-0.2, 0) is 0 Å². The average Bonchev–Trinajstić information content (AvgIpc) is 2.49. The number of aromatic nitrogens is 1. The van der Waals surface area contributed by atoms with Gasteiger partial charge in [0.15, 0.2) is 5.43 Å². The van der Waals surface area contributed by atoms with E-state index in [9.17, 15) is 9.59 Å². The van der Waals surface area contributed by atoms with Crippen LogP contribution in [0.3, 0.4) is 0 Å². The summed E-state index contributed by atoms with van der Waals surface area (Å²) in [5.41, 5.74) is -0.127. The third-order valence-electron chi connectivity index (χ3n) is 2.91. The third-order valence-corrected chi connectivity index (χ3v) is 3.23. The number of halogens is 1. The van der Waals surface area contributed by atoms with E-state index in [1.165, 1.54) is 0 Å². The van der Waals surface area contributed by atoms with Crippen molar-refractivity contribution in [3.05, 3.63) is 68.1 Å². The molecule has 0 atom stereocenters. The predicted molar refractivity (Wildman–Crippen MR) is 73.4 cm³/mol. The molecule has 3 aromatic rings. The lowest BCUT2D eigenvalue weighted by Crippen LogP contribution is -2.02. The lowest BCUT2D eigenvalue weighted by molar-refractivity contribution is 1.36. The van der Waals surface area contributed by atoms with E-state index in [0.717, 1.165) is 0 Å². The highest BCUT2D eigenvalue weighted by molar-refractivity contribution is 6.35. The largest absolute Gasteiger partial charge is 0.320 e. The van der Waals surface area contributed by atoms with Crippen LogP contribution < -0.4 is 11.0 Å². The van der Waals surface area contributed by atoms with Crippen molar-refractivity contribution < 1.29 is 0 Å². The minimum Gasteiger partial charge on any atom is -0.320 e. The van der Waals surface area contributed by atoms with Gasteiger partial charge in [-0.15, -0.1) is 0 Å². The van der Waals surface area contributed by atoms with Crippen molar-refractivity contribution in [1.29, 1.82) is 0 Å². The normalized spacial score (nSPS) is 10.9. The van der Waals surface area contributed by atoms with Gasteiger partial charge in [0.05, 0.1) is 15.9 Å². The number of hydrogen-bond donors (Lipinski definition) is 1. The van der Waals surface area contributed by atoms with Crippen LogP contribution in [-0.4, -0.2) is 4.98 Å². The Morgan fingerprint density at radius 2 is 1.50 bits per heavy atom. The van der Waals surface area contributed by atoms with Crippen LogP contribution in [0.2, 0.25) is 5.02 Å². The van der Waals surface area contributed by atoms with Crippen molar-refractivity contribution in [2.75, 3.05) is 0 Å². The van der Waals surface area contributed by atoms with Gasteiger partial charge in [-0.05, 0) is 18.2 Å². The lowest BCUT2D eigenvalue weighted by Gasteiger charge is -1.93. The topological polar surface area (TPSA) is 49.9 Å². The fraction of sp³-hybridized carbons (Fsp3) is 0. The Labute approximate surface area is 107 Å². The number of nitrogens with one attached hydrogen (secondary N) is 1. The Bertz CT molecular complexity index is 884. The fourth-order valence-electron chi connectivity index (χ4n) is 2.05. The number of fused-ring (bicyclic) bond motifs is 2. The Balaban J connectivity index is 2.79. The second-order valence-corrected chi connectivity index (χ2v) is 4.40. The maximum Gasteiger partial charge on any atom is 0.256 e. The zero-order chi connectivity index (χ0) is 12.7. The number of H-pyrrole nitrogens is 1. The first-order valence-corrected chi connectivity index (χ1v) is 5.80. The predicted octanol–water partition coefficient (Wildman–Crippen LogP) is 2.69. The van der Waals surface area contributed by atoms with Crippen LogP contribution in [0.25, 0.3) is 21.7 Å². The fourth-order valence-corrected chi connectivity index (χ4v) is 2.27. The standard InChI is InChI=1S/C14H8ClNO2/c15-11-7-3-6-10-12(11)16-14(18)9-5-2-1-4-8(9)13(10)17/h1-7H,(H,16,18). The molecule has 0 unspecified atom stereocenters. The molecule has 0 bridgehead atoms. The van der Waals surface area contributed by atoms with Crippen molar-refractivity contribution in [2.45, 2.75) is 0 Å². The summed E-state index contributed by atoms with van der Waals surface area (Å²) in [5, 5.41) is 1.55. The van der Waals surface area contributed by atoms with E-state index in [4.69, 9.17) is 11.6 Å². The molecule has 3 rings (SSSR count). The molecule has 0 amide bonds. The monoisotopic (exact) mass is 257 g/mol. The Hall–Kier alpha value is -2.13. The molecule has 88 valence electrons. The first-order chi connectivity index (χ1) is 8.68. The highest BCUT2D eigenvalue weighted by atomic mass is 35.5. The minimum absolute atomic E-state index is 0.193. The van der Waals surface area contributed by atoms with Crippen molar-refractivity contribution in [3.63, 3.8) is 0 Å². The van der Waals surface area contributed by atoms with Crippen LogP contribution in [0.1, 0.15) is 0 Å². The van der Waals surface area contributed by atoms with Crippen molar-refractivity contribution in [1.82, 2.24) is 4.98 Å². The van der Waals surface area contributed by atoms with Gasteiger partial charge in [-0.1, -0.05) is 35.9 Å². The van der Waals surface area contributed by atoms with Crippen LogP contribution in [0, 0.1) is 0 Å². The Kier molecular flexibility index (Phi) is 2.42. The second kappa shape index (κ2) is 3.96. The molecule has 18 heavy (non-hydrogen) atoms. The summed E-state index contributed by atoms with van der Waals surface area (Å²) in [6, 6.07) is 11.7. The van der Waals surface area contributed by atoms with E-state index in [-0.39, 0.29) is 11.0 Å². The maximum absolute atomic E-state index is 12.4. The molecule has 2 aromatic carbocycles. The van der Waals surface area contributed by atoms with Gasteiger partial charge in [-0.25, -0.2) is 0 Å². The number of benzene rings is 2. The Morgan fingerprint density at radius 1 is 0.833 bits per heavy atom. The van der Waals surface area contributed by atoms with Crippen LogP contribution in [0.5, 0.6) is 0 Å². The summed E-state index contributed by atoms with van der Waals surface area (Å²) in [5.74, 6) is 0. The molecule has 0 aliphatic heterocycles. The quantitative estimate of drug-likeness (QED) is 0.673. The number of hydrogen-bond acceptors (Lipinski definition) is 2. The van der Waals surface area contributed by atoms with Crippen LogP contribution >= 0.6 is 11.6 Å². The zero-order valence-electron chi connectivity index (χ0n) is 9.24. The van der Waals surface area contributed by atoms with Gasteiger partial charge in [-0.2, -0.15) is 0 Å². The zero-order valence-corrected chi connectivity index (χ0v) is 9.99. The molecule has 1 aromatic heterocycles. The minimum atomic E-state index is -0.314. The number of aromatic amines is 1. The SMILES string of the molecule is O=c1[nH]c2c(Cl)cccc2c(=O)c2ccccc12. The lowest BCUT2D eigenvalue weighted by atomic mass is 10.1. The molecule has 0 radical (unpaired) electrons. The smallest absolute Gasteiger partial charge is 0.256 e. The molecule has 1 N–H and O–H groups in total. The summed E-state index contributed by atoms with van der Waals surface area (Å²) in [4.78, 5) is 27.1. The summed E-state index contributed by atoms with van der Waals surface area (Å²) >= 11 is 6.02. The average molecular weight is 258 g/mol. The number of rotatable bonds is 0. The van der Waals surface area contributed by atoms with Crippen molar-refractivity contribution in [2.24, 2.45) is 0 Å². The molecule has 4 heteroatoms. The van der Waals surface area contributed by atoms with E-state index in [0.29, 0.717) is 26.7 Å². The van der Waals surface area contributed by atoms with Crippen LogP contribution in [0.15, 0.2) is 52.1 Å². The summed E-state index contributed by atoms with van der Waals surface area (Å²) < 4.78 is 0. The van der Waals surface area contributed by atoms with Gasteiger partial charge in [0.1, 0.15) is 0 Å². The molecular weight excluding hydrogens is 250 g/mol. The Morgan fingerprint density at radius 3 is 2.28 bits per heavy atom. The molecule has 1 heterocycles. The molecule has 3 nitrogen and oxygen atoms in total. The van der Waals surface area contributed by atoms with Gasteiger partial charge in [0.25, 0.3) is 5.56 Å². The highest BCUT2D eigenvalue weighted by Crippen LogP contribution is 2.18. The highest BCUT2D eigenvalue weighted by Gasteiger charge is 2.07. The van der Waals surface area contributed by atoms with E-state index in [2.05, 4.69) is 4.98 Å². The third kappa shape index (κ3) is 1.52. The molecule has 0 aliphatic rings. The maximum atomic E-state index is 12.4. The van der Waals surface area contributed by atoms with Gasteiger partial charge >= 0.3 is 0 Å². The van der Waals surface area contributed by atoms with E-state index in [1.54, 1.807) is 42.5 Å². The van der Waals surface area contributed by atoms with Crippen LogP contribution in [0.4, 0.5) is 0 Å². The number of para-hydroxylation sites is 1. The van der Waals surface area contributed by atoms with Gasteiger partial charge in [0, 0.05) is 10.8 Å². The molecule has 0 fully saturated rings. The molecule has 0 spiro atoms.